The lowest BCUT2D eigenvalue weighted by molar-refractivity contribution is -0.308. The van der Waals surface area contributed by atoms with Crippen LogP contribution in [0.5, 0.6) is 11.5 Å². The Bertz CT molecular complexity index is 2940. The second kappa shape index (κ2) is 28.9. The Morgan fingerprint density at radius 2 is 1.35 bits per heavy atom. The topological polar surface area (TPSA) is 261 Å². The van der Waals surface area contributed by atoms with Crippen LogP contribution in [0.25, 0.3) is 11.2 Å². The van der Waals surface area contributed by atoms with Gasteiger partial charge in [-0.3, -0.25) is 33.5 Å². The molecule has 0 aliphatic carbocycles. The van der Waals surface area contributed by atoms with E-state index >= 15 is 0 Å². The molecular formula is C57H74N7O17P. The molecule has 3 aromatic carbocycles. The van der Waals surface area contributed by atoms with Crippen LogP contribution < -0.4 is 15.0 Å². The van der Waals surface area contributed by atoms with Crippen molar-refractivity contribution in [3.05, 3.63) is 112 Å². The van der Waals surface area contributed by atoms with Crippen molar-refractivity contribution < 1.29 is 75.6 Å². The van der Waals surface area contributed by atoms with E-state index in [0.29, 0.717) is 11.5 Å². The molecule has 444 valence electrons. The van der Waals surface area contributed by atoms with Crippen molar-refractivity contribution in [2.75, 3.05) is 54.7 Å². The molecule has 4 heterocycles. The molecule has 5 aromatic rings. The zero-order chi connectivity index (χ0) is 59.3. The molecule has 82 heavy (non-hydrogen) atoms. The zero-order valence-electron chi connectivity index (χ0n) is 48.2. The van der Waals surface area contributed by atoms with Gasteiger partial charge in [0, 0.05) is 60.3 Å². The summed E-state index contributed by atoms with van der Waals surface area (Å²) in [6.45, 7) is 12.4. The predicted octanol–water partition coefficient (Wildman–Crippen LogP) is 6.89. The summed E-state index contributed by atoms with van der Waals surface area (Å²) in [5.41, 5.74) is 1.05. The van der Waals surface area contributed by atoms with Crippen molar-refractivity contribution >= 4 is 55.9 Å². The first-order valence-electron chi connectivity index (χ1n) is 26.8. The normalized spacial score (nSPS) is 21.5. The highest BCUT2D eigenvalue weighted by Crippen LogP contribution is 2.51. The van der Waals surface area contributed by atoms with Crippen LogP contribution in [0.4, 0.5) is 5.95 Å². The number of nitrogens with zero attached hydrogens (tertiary/aromatic N) is 6. The first-order chi connectivity index (χ1) is 39.2. The number of H-pyrrole nitrogens is 1. The third-order valence-corrected chi connectivity index (χ3v) is 15.3. The maximum atomic E-state index is 13.4. The van der Waals surface area contributed by atoms with Crippen LogP contribution in [0.2, 0.25) is 0 Å². The minimum Gasteiger partial charge on any atom is -0.497 e. The van der Waals surface area contributed by atoms with Crippen molar-refractivity contribution in [3.63, 3.8) is 0 Å². The number of aromatic amines is 1. The number of carbonyl (C=O) groups is 4. The van der Waals surface area contributed by atoms with Gasteiger partial charge in [0.15, 0.2) is 35.8 Å². The number of nitrogens with one attached hydrogen (secondary N) is 1. The largest absolute Gasteiger partial charge is 0.497 e. The van der Waals surface area contributed by atoms with Gasteiger partial charge in [-0.05, 0) is 75.1 Å². The fourth-order valence-electron chi connectivity index (χ4n) is 9.73. The molecule has 1 unspecified atom stereocenters. The molecule has 9 atom stereocenters. The van der Waals surface area contributed by atoms with Gasteiger partial charge in [0.25, 0.3) is 14.1 Å². The van der Waals surface area contributed by atoms with E-state index in [-0.39, 0.29) is 61.9 Å². The van der Waals surface area contributed by atoms with Crippen molar-refractivity contribution in [1.29, 1.82) is 0 Å². The van der Waals surface area contributed by atoms with Gasteiger partial charge in [0.05, 0.1) is 52.8 Å². The maximum absolute atomic E-state index is 13.4. The number of esters is 4. The lowest BCUT2D eigenvalue weighted by Gasteiger charge is -2.44. The second-order valence-corrected chi connectivity index (χ2v) is 21.6. The summed E-state index contributed by atoms with van der Waals surface area (Å²) in [5, 5.41) is 0. The maximum Gasteiger partial charge on any atom is 0.303 e. The standard InChI is InChI=1S/C57H74N7O17P/c1-34(2)64(35(3)4)82(75-28-16-27-72-55-52(78-39(8)68)51(77-38(7)67)50(76-37(6)66)47(80-55)30-73-36(5)65)81-45-29-48(63-33-58-49-53(63)60-56(61-54(49)69)59-32-62(9)10)79-46(45)31-74-57(40-17-14-13-15-18-40,41-19-23-43(70-11)24-20-41)42-21-25-44(71-12)26-22-42/h13-15,17-26,32-35,45-48,50-52,55H,16,27-31H2,1-12H3,(H,60,61,69)/b59-32-/t45-,46+,47+,48+,50+,51-,52+,55+,82?/m0/s1. The van der Waals surface area contributed by atoms with E-state index in [1.807, 2.05) is 107 Å². The average Bonchev–Trinajstić information content (AvgIpc) is 4.12. The summed E-state index contributed by atoms with van der Waals surface area (Å²) in [6, 6.07) is 25.1. The van der Waals surface area contributed by atoms with E-state index < -0.39 is 99.3 Å². The van der Waals surface area contributed by atoms with Gasteiger partial charge in [-0.25, -0.2) is 14.6 Å². The lowest BCUT2D eigenvalue weighted by atomic mass is 9.80. The molecule has 24 nitrogen and oxygen atoms in total. The first-order valence-corrected chi connectivity index (χ1v) is 28.0. The van der Waals surface area contributed by atoms with Crippen LogP contribution in [-0.2, 0) is 71.7 Å². The molecule has 0 amide bonds. The molecule has 2 aliphatic heterocycles. The van der Waals surface area contributed by atoms with Crippen LogP contribution in [0.3, 0.4) is 0 Å². The molecule has 7 rings (SSSR count). The first kappa shape index (κ1) is 62.7. The van der Waals surface area contributed by atoms with Crippen LogP contribution >= 0.6 is 8.53 Å². The van der Waals surface area contributed by atoms with Crippen LogP contribution in [0, 0.1) is 0 Å². The number of aliphatic imine (C=N–C) groups is 1. The highest BCUT2D eigenvalue weighted by Gasteiger charge is 2.53. The quantitative estimate of drug-likeness (QED) is 0.0107. The van der Waals surface area contributed by atoms with Gasteiger partial charge >= 0.3 is 23.9 Å². The Balaban J connectivity index is 1.22. The Hall–Kier alpha value is -6.89. The molecule has 25 heteroatoms. The van der Waals surface area contributed by atoms with Crippen molar-refractivity contribution in [2.24, 2.45) is 4.99 Å². The summed E-state index contributed by atoms with van der Waals surface area (Å²) >= 11 is 0. The number of rotatable bonds is 27. The van der Waals surface area contributed by atoms with E-state index in [4.69, 9.17) is 61.4 Å². The summed E-state index contributed by atoms with van der Waals surface area (Å²) in [5.74, 6) is -1.53. The number of aromatic nitrogens is 4. The number of carbonyl (C=O) groups excluding carboxylic acids is 4. The van der Waals surface area contributed by atoms with E-state index in [9.17, 15) is 24.0 Å². The van der Waals surface area contributed by atoms with E-state index in [0.717, 1.165) is 37.5 Å². The summed E-state index contributed by atoms with van der Waals surface area (Å²) in [7, 11) is 4.90. The number of imidazole rings is 1. The van der Waals surface area contributed by atoms with Crippen molar-refractivity contribution in [1.82, 2.24) is 29.1 Å². The average molecular weight is 1160 g/mol. The SMILES string of the molecule is COc1ccc(C(OC[C@H]2O[C@@H](n3cnc4c(=O)[nH]c(/N=C\N(C)C)nc43)C[C@@H]2OP(OCCCO[C@@H]2O[C@H](COC(C)=O)[C@@H](OC(C)=O)[C@H](OC(C)=O)[C@H]2OC(C)=O)N(C(C)C)C(C)C)(c2ccccc2)c2ccc(OC)cc2)cc1. The molecule has 2 aliphatic rings. The predicted molar refractivity (Wildman–Crippen MR) is 299 cm³/mol. The van der Waals surface area contributed by atoms with Crippen LogP contribution in [-0.4, -0.2) is 169 Å². The summed E-state index contributed by atoms with van der Waals surface area (Å²) < 4.78 is 77.8. The Kier molecular flexibility index (Phi) is 22.1. The van der Waals surface area contributed by atoms with Crippen LogP contribution in [0.15, 0.2) is 95.0 Å². The van der Waals surface area contributed by atoms with Gasteiger partial charge in [-0.2, -0.15) is 4.98 Å². The molecule has 0 bridgehead atoms. The Labute approximate surface area is 477 Å². The van der Waals surface area contributed by atoms with E-state index in [1.165, 1.54) is 19.6 Å². The third kappa shape index (κ3) is 15.6. The molecule has 1 N–H and O–H groups in total. The number of ether oxygens (including phenoxy) is 10. The highest BCUT2D eigenvalue weighted by molar-refractivity contribution is 7.44. The van der Waals surface area contributed by atoms with Crippen molar-refractivity contribution in [2.45, 2.75) is 135 Å². The summed E-state index contributed by atoms with van der Waals surface area (Å²) in [4.78, 5) is 80.6. The number of benzene rings is 3. The molecule has 0 radical (unpaired) electrons. The fourth-order valence-corrected chi connectivity index (χ4v) is 11.5. The molecule has 2 fully saturated rings. The Morgan fingerprint density at radius 3 is 1.91 bits per heavy atom. The van der Waals surface area contributed by atoms with Gasteiger partial charge in [0.1, 0.15) is 42.1 Å². The minimum atomic E-state index is -1.92. The monoisotopic (exact) mass is 1160 g/mol. The second-order valence-electron chi connectivity index (χ2n) is 20.2. The fraction of sp³-hybridized carbons (Fsp3) is 0.509. The smallest absolute Gasteiger partial charge is 0.303 e. The Morgan fingerprint density at radius 1 is 0.768 bits per heavy atom. The molecule has 0 spiro atoms. The number of hydrogen-bond acceptors (Lipinski definition) is 21. The third-order valence-electron chi connectivity index (χ3n) is 13.2. The minimum absolute atomic E-state index is 0.0382. The van der Waals surface area contributed by atoms with E-state index in [1.54, 1.807) is 37.8 Å². The van der Waals surface area contributed by atoms with Gasteiger partial charge in [0.2, 0.25) is 5.95 Å². The summed E-state index contributed by atoms with van der Waals surface area (Å²) in [6.07, 6.45) is -5.51. The van der Waals surface area contributed by atoms with Gasteiger partial charge in [-0.15, -0.1) is 0 Å². The van der Waals surface area contributed by atoms with Crippen LogP contribution in [0.1, 0.15) is 91.1 Å². The zero-order valence-corrected chi connectivity index (χ0v) is 49.1. The molecular weight excluding hydrogens is 1090 g/mol. The van der Waals surface area contributed by atoms with Crippen molar-refractivity contribution in [3.8, 4) is 11.5 Å². The number of hydrogen-bond donors (Lipinski definition) is 1. The number of methoxy groups -OCH3 is 2. The molecule has 2 aromatic heterocycles. The molecule has 0 saturated carbocycles. The van der Waals surface area contributed by atoms with Gasteiger partial charge < -0.3 is 61.3 Å². The van der Waals surface area contributed by atoms with Gasteiger partial charge in [-0.1, -0.05) is 54.6 Å². The highest BCUT2D eigenvalue weighted by atomic mass is 31.2. The lowest BCUT2D eigenvalue weighted by Crippen LogP contribution is -2.63. The number of fused-ring (bicyclic) bond motifs is 1. The molecule has 2 saturated heterocycles. The van der Waals surface area contributed by atoms with E-state index in [2.05, 4.69) is 19.6 Å².